The summed E-state index contributed by atoms with van der Waals surface area (Å²) in [5, 5.41) is 3.03. The molecule has 0 atom stereocenters. The van der Waals surface area contributed by atoms with Crippen molar-refractivity contribution in [1.29, 1.82) is 0 Å². The van der Waals surface area contributed by atoms with E-state index in [1.54, 1.807) is 34.9 Å². The number of carbonyl (C=O) groups excluding carboxylic acids is 1. The van der Waals surface area contributed by atoms with Gasteiger partial charge in [-0.25, -0.2) is 18.9 Å². The maximum absolute atomic E-state index is 13.3. The van der Waals surface area contributed by atoms with E-state index < -0.39 is 5.91 Å². The number of nitrogens with one attached hydrogen (secondary N) is 1. The standard InChI is InChI=1S/C19H16FN7O2/c1-29-19-25-15-13(16(21)28)6-3-7-14(15)27(19)18-24-10-23-17(26-18)22-9-11-4-2-5-12(20)8-11/h2-8,10H,9H2,1H3,(H2,21,28)(H,22,23,24,26). The molecule has 2 aromatic carbocycles. The number of rotatable bonds is 6. The topological polar surface area (TPSA) is 121 Å². The van der Waals surface area contributed by atoms with Gasteiger partial charge in [0.2, 0.25) is 11.9 Å². The molecule has 0 bridgehead atoms. The molecule has 2 aromatic heterocycles. The number of nitrogens with zero attached hydrogens (tertiary/aromatic N) is 5. The second-order valence-corrected chi connectivity index (χ2v) is 6.06. The number of aromatic nitrogens is 5. The molecule has 1 amide bonds. The van der Waals surface area contributed by atoms with Gasteiger partial charge in [0.25, 0.3) is 5.91 Å². The normalized spacial score (nSPS) is 10.8. The number of amides is 1. The van der Waals surface area contributed by atoms with Gasteiger partial charge < -0.3 is 15.8 Å². The van der Waals surface area contributed by atoms with Gasteiger partial charge in [0, 0.05) is 6.54 Å². The van der Waals surface area contributed by atoms with Gasteiger partial charge in [0.15, 0.2) is 0 Å². The Morgan fingerprint density at radius 1 is 1.21 bits per heavy atom. The van der Waals surface area contributed by atoms with Gasteiger partial charge in [0.05, 0.1) is 18.2 Å². The molecule has 0 aliphatic carbocycles. The van der Waals surface area contributed by atoms with Gasteiger partial charge in [-0.2, -0.15) is 9.97 Å². The summed E-state index contributed by atoms with van der Waals surface area (Å²) in [5.41, 5.74) is 7.38. The fourth-order valence-corrected chi connectivity index (χ4v) is 2.92. The lowest BCUT2D eigenvalue weighted by atomic mass is 10.2. The highest BCUT2D eigenvalue weighted by Crippen LogP contribution is 2.26. The van der Waals surface area contributed by atoms with E-state index in [1.165, 1.54) is 25.6 Å². The van der Waals surface area contributed by atoms with Crippen molar-refractivity contribution in [1.82, 2.24) is 24.5 Å². The molecule has 0 radical (unpaired) electrons. The van der Waals surface area contributed by atoms with E-state index in [0.29, 0.717) is 17.6 Å². The van der Waals surface area contributed by atoms with Crippen molar-refractivity contribution >= 4 is 22.9 Å². The van der Waals surface area contributed by atoms with E-state index >= 15 is 0 Å². The summed E-state index contributed by atoms with van der Waals surface area (Å²) in [6, 6.07) is 11.4. The molecule has 0 spiro atoms. The zero-order valence-corrected chi connectivity index (χ0v) is 15.3. The summed E-state index contributed by atoms with van der Waals surface area (Å²) in [6.45, 7) is 0.328. The molecule has 0 fully saturated rings. The zero-order valence-electron chi connectivity index (χ0n) is 15.3. The molecule has 4 rings (SSSR count). The van der Waals surface area contributed by atoms with Gasteiger partial charge in [-0.15, -0.1) is 0 Å². The lowest BCUT2D eigenvalue weighted by Gasteiger charge is -2.08. The van der Waals surface area contributed by atoms with Crippen LogP contribution in [0.15, 0.2) is 48.8 Å². The molecule has 9 nitrogen and oxygen atoms in total. The Labute approximate surface area is 164 Å². The molecule has 4 aromatic rings. The smallest absolute Gasteiger partial charge is 0.304 e. The predicted molar refractivity (Wildman–Crippen MR) is 103 cm³/mol. The number of hydrogen-bond donors (Lipinski definition) is 2. The monoisotopic (exact) mass is 393 g/mol. The fraction of sp³-hybridized carbons (Fsp3) is 0.105. The second-order valence-electron chi connectivity index (χ2n) is 6.06. The number of para-hydroxylation sites is 1. The number of fused-ring (bicyclic) bond motifs is 1. The first-order valence-corrected chi connectivity index (χ1v) is 8.60. The van der Waals surface area contributed by atoms with Crippen LogP contribution < -0.4 is 15.8 Å². The predicted octanol–water partition coefficient (Wildman–Crippen LogP) is 2.07. The van der Waals surface area contributed by atoms with Crippen LogP contribution >= 0.6 is 0 Å². The first-order chi connectivity index (χ1) is 14.1. The van der Waals surface area contributed by atoms with E-state index in [1.807, 2.05) is 0 Å². The van der Waals surface area contributed by atoms with Crippen LogP contribution in [0.25, 0.3) is 17.0 Å². The van der Waals surface area contributed by atoms with Crippen LogP contribution in [0, 0.1) is 5.82 Å². The van der Waals surface area contributed by atoms with Crippen molar-refractivity contribution < 1.29 is 13.9 Å². The van der Waals surface area contributed by atoms with Crippen LogP contribution in [-0.4, -0.2) is 37.5 Å². The SMILES string of the molecule is COc1nc2c(C(N)=O)cccc2n1-c1ncnc(NCc2cccc(F)c2)n1. The number of primary amides is 1. The Balaban J connectivity index is 1.72. The van der Waals surface area contributed by atoms with E-state index in [0.717, 1.165) is 5.56 Å². The van der Waals surface area contributed by atoms with Gasteiger partial charge in [-0.3, -0.25) is 4.79 Å². The maximum atomic E-state index is 13.3. The molecule has 0 unspecified atom stereocenters. The first kappa shape index (κ1) is 18.3. The van der Waals surface area contributed by atoms with Crippen molar-refractivity contribution in [3.63, 3.8) is 0 Å². The molecule has 3 N–H and O–H groups in total. The minimum Gasteiger partial charge on any atom is -0.468 e. The lowest BCUT2D eigenvalue weighted by Crippen LogP contribution is -2.11. The van der Waals surface area contributed by atoms with Gasteiger partial charge in [-0.05, 0) is 29.8 Å². The largest absolute Gasteiger partial charge is 0.468 e. The third-order valence-corrected chi connectivity index (χ3v) is 4.20. The Morgan fingerprint density at radius 3 is 2.79 bits per heavy atom. The average molecular weight is 393 g/mol. The summed E-state index contributed by atoms with van der Waals surface area (Å²) in [6.07, 6.45) is 1.33. The number of benzene rings is 2. The number of nitrogens with two attached hydrogens (primary N) is 1. The third-order valence-electron chi connectivity index (χ3n) is 4.20. The number of ether oxygens (including phenoxy) is 1. The molecule has 0 saturated carbocycles. The van der Waals surface area contributed by atoms with Crippen LogP contribution in [0.2, 0.25) is 0 Å². The summed E-state index contributed by atoms with van der Waals surface area (Å²) in [5.74, 6) is -0.395. The van der Waals surface area contributed by atoms with Crippen LogP contribution in [-0.2, 0) is 6.54 Å². The lowest BCUT2D eigenvalue weighted by molar-refractivity contribution is 0.100. The number of halogens is 1. The molecule has 0 saturated heterocycles. The minimum atomic E-state index is -0.601. The summed E-state index contributed by atoms with van der Waals surface area (Å²) < 4.78 is 20.2. The Hall–Kier alpha value is -4.08. The van der Waals surface area contributed by atoms with E-state index in [-0.39, 0.29) is 29.3 Å². The van der Waals surface area contributed by atoms with Gasteiger partial charge in [-0.1, -0.05) is 18.2 Å². The highest BCUT2D eigenvalue weighted by atomic mass is 19.1. The number of methoxy groups -OCH3 is 1. The summed E-state index contributed by atoms with van der Waals surface area (Å²) in [7, 11) is 1.45. The van der Waals surface area contributed by atoms with E-state index in [4.69, 9.17) is 10.5 Å². The molecule has 29 heavy (non-hydrogen) atoms. The van der Waals surface area contributed by atoms with Gasteiger partial charge >= 0.3 is 6.01 Å². The van der Waals surface area contributed by atoms with Crippen LogP contribution in [0.1, 0.15) is 15.9 Å². The van der Waals surface area contributed by atoms with Crippen molar-refractivity contribution in [3.8, 4) is 12.0 Å². The second kappa shape index (κ2) is 7.50. The molecule has 10 heteroatoms. The Kier molecular flexibility index (Phi) is 4.73. The Morgan fingerprint density at radius 2 is 2.03 bits per heavy atom. The van der Waals surface area contributed by atoms with Crippen molar-refractivity contribution in [2.75, 3.05) is 12.4 Å². The fourth-order valence-electron chi connectivity index (χ4n) is 2.92. The number of imidazole rings is 1. The van der Waals surface area contributed by atoms with Crippen molar-refractivity contribution in [3.05, 3.63) is 65.7 Å². The highest BCUT2D eigenvalue weighted by Gasteiger charge is 2.19. The van der Waals surface area contributed by atoms with Crippen molar-refractivity contribution in [2.45, 2.75) is 6.54 Å². The quantitative estimate of drug-likeness (QED) is 0.514. The average Bonchev–Trinajstić information content (AvgIpc) is 3.11. The Bertz CT molecular complexity index is 1210. The third kappa shape index (κ3) is 3.55. The van der Waals surface area contributed by atoms with E-state index in [9.17, 15) is 9.18 Å². The number of hydrogen-bond acceptors (Lipinski definition) is 7. The highest BCUT2D eigenvalue weighted by molar-refractivity contribution is 6.04. The van der Waals surface area contributed by atoms with Gasteiger partial charge in [0.1, 0.15) is 17.7 Å². The molecule has 0 aliphatic heterocycles. The molecular weight excluding hydrogens is 377 g/mol. The summed E-state index contributed by atoms with van der Waals surface area (Å²) in [4.78, 5) is 28.7. The van der Waals surface area contributed by atoms with Crippen molar-refractivity contribution in [2.24, 2.45) is 5.73 Å². The number of carbonyl (C=O) groups is 1. The molecule has 146 valence electrons. The minimum absolute atomic E-state index is 0.191. The molecule has 0 aliphatic rings. The maximum Gasteiger partial charge on any atom is 0.304 e. The van der Waals surface area contributed by atoms with Crippen LogP contribution in [0.5, 0.6) is 6.01 Å². The van der Waals surface area contributed by atoms with Crippen LogP contribution in [0.3, 0.4) is 0 Å². The van der Waals surface area contributed by atoms with Crippen LogP contribution in [0.4, 0.5) is 10.3 Å². The zero-order chi connectivity index (χ0) is 20.4. The number of anilines is 1. The molecular formula is C19H16FN7O2. The first-order valence-electron chi connectivity index (χ1n) is 8.60. The summed E-state index contributed by atoms with van der Waals surface area (Å²) >= 11 is 0. The van der Waals surface area contributed by atoms with E-state index in [2.05, 4.69) is 25.3 Å². The molecule has 2 heterocycles.